The summed E-state index contributed by atoms with van der Waals surface area (Å²) < 4.78 is 5.38. The Hall–Kier alpha value is -1.62. The maximum Gasteiger partial charge on any atom is 0.247 e. The van der Waals surface area contributed by atoms with Crippen LogP contribution in [0.25, 0.3) is 0 Å². The summed E-state index contributed by atoms with van der Waals surface area (Å²) >= 11 is 0. The van der Waals surface area contributed by atoms with E-state index in [1.54, 1.807) is 7.05 Å². The van der Waals surface area contributed by atoms with Gasteiger partial charge in [-0.3, -0.25) is 4.79 Å². The number of hydrogen-bond donors (Lipinski definition) is 1. The van der Waals surface area contributed by atoms with Crippen LogP contribution in [0.1, 0.15) is 30.3 Å². The van der Waals surface area contributed by atoms with E-state index < -0.39 is 6.04 Å². The zero-order chi connectivity index (χ0) is 12.5. The third kappa shape index (κ3) is 1.75. The minimum absolute atomic E-state index is 0.0988. The molecule has 1 unspecified atom stereocenters. The monoisotopic (exact) mass is 247 g/mol. The Kier molecular flexibility index (Phi) is 2.91. The molecule has 1 N–H and O–H groups in total. The van der Waals surface area contributed by atoms with Crippen molar-refractivity contribution >= 4 is 5.91 Å². The Morgan fingerprint density at radius 1 is 1.44 bits per heavy atom. The lowest BCUT2D eigenvalue weighted by Gasteiger charge is -2.29. The quantitative estimate of drug-likeness (QED) is 0.793. The van der Waals surface area contributed by atoms with E-state index in [1.165, 1.54) is 6.39 Å². The minimum Gasteiger partial charge on any atom is -0.446 e. The van der Waals surface area contributed by atoms with Crippen molar-refractivity contribution < 1.29 is 9.21 Å². The normalized spacial score (nSPS) is 24.4. The smallest absolute Gasteiger partial charge is 0.247 e. The van der Waals surface area contributed by atoms with Crippen LogP contribution in [0.4, 0.5) is 0 Å². The van der Waals surface area contributed by atoms with Crippen LogP contribution in [0.3, 0.4) is 0 Å². The molecule has 2 aliphatic rings. The van der Waals surface area contributed by atoms with Crippen LogP contribution in [0, 0.1) is 0 Å². The lowest BCUT2D eigenvalue weighted by atomic mass is 10.1. The van der Waals surface area contributed by atoms with E-state index in [1.807, 2.05) is 4.90 Å². The van der Waals surface area contributed by atoms with Crippen LogP contribution in [0.15, 0.2) is 23.0 Å². The molecular weight excluding hydrogens is 230 g/mol. The van der Waals surface area contributed by atoms with Gasteiger partial charge in [-0.1, -0.05) is 12.2 Å². The highest BCUT2D eigenvalue weighted by Crippen LogP contribution is 2.27. The van der Waals surface area contributed by atoms with E-state index in [0.29, 0.717) is 11.8 Å². The number of fused-ring (bicyclic) bond motifs is 1. The van der Waals surface area contributed by atoms with E-state index in [2.05, 4.69) is 22.5 Å². The summed E-state index contributed by atoms with van der Waals surface area (Å²) in [6.07, 6.45) is 8.40. The molecule has 2 heterocycles. The van der Waals surface area contributed by atoms with Gasteiger partial charge in [0.05, 0.1) is 5.69 Å². The third-order valence-corrected chi connectivity index (χ3v) is 3.77. The molecule has 0 fully saturated rings. The van der Waals surface area contributed by atoms with Crippen molar-refractivity contribution in [1.82, 2.24) is 15.2 Å². The molecule has 5 heteroatoms. The molecule has 96 valence electrons. The highest BCUT2D eigenvalue weighted by Gasteiger charge is 2.36. The number of amides is 1. The second-order valence-corrected chi connectivity index (χ2v) is 4.76. The van der Waals surface area contributed by atoms with Gasteiger partial charge in [-0.15, -0.1) is 0 Å². The number of nitrogens with one attached hydrogen (secondary N) is 1. The molecule has 1 aromatic heterocycles. The summed E-state index contributed by atoms with van der Waals surface area (Å²) in [6.45, 7) is 0.725. The molecule has 1 aromatic rings. The van der Waals surface area contributed by atoms with Crippen LogP contribution in [0.2, 0.25) is 0 Å². The van der Waals surface area contributed by atoms with Gasteiger partial charge in [0.1, 0.15) is 6.04 Å². The zero-order valence-electron chi connectivity index (χ0n) is 10.4. The molecule has 1 amide bonds. The van der Waals surface area contributed by atoms with E-state index in [4.69, 9.17) is 4.42 Å². The Labute approximate surface area is 106 Å². The van der Waals surface area contributed by atoms with E-state index in [-0.39, 0.29) is 5.91 Å². The molecule has 1 atom stereocenters. The van der Waals surface area contributed by atoms with Crippen molar-refractivity contribution in [3.63, 3.8) is 0 Å². The van der Waals surface area contributed by atoms with E-state index >= 15 is 0 Å². The molecule has 0 saturated carbocycles. The predicted octanol–water partition coefficient (Wildman–Crippen LogP) is 1.04. The van der Waals surface area contributed by atoms with E-state index in [9.17, 15) is 4.79 Å². The average Bonchev–Trinajstić information content (AvgIpc) is 3.01. The van der Waals surface area contributed by atoms with Gasteiger partial charge in [-0.2, -0.15) is 0 Å². The molecule has 1 aliphatic heterocycles. The molecule has 5 nitrogen and oxygen atoms in total. The Morgan fingerprint density at radius 3 is 2.94 bits per heavy atom. The van der Waals surface area contributed by atoms with Crippen molar-refractivity contribution in [3.8, 4) is 0 Å². The summed E-state index contributed by atoms with van der Waals surface area (Å²) in [5.74, 6) is 0.776. The van der Waals surface area contributed by atoms with Crippen LogP contribution >= 0.6 is 0 Å². The number of likely N-dealkylation sites (N-methyl/N-ethyl adjacent to an activating group) is 1. The van der Waals surface area contributed by atoms with Crippen molar-refractivity contribution in [2.45, 2.75) is 31.3 Å². The molecular formula is C13H17N3O2. The van der Waals surface area contributed by atoms with Crippen LogP contribution < -0.4 is 5.32 Å². The maximum atomic E-state index is 12.6. The topological polar surface area (TPSA) is 58.4 Å². The molecule has 0 spiro atoms. The Morgan fingerprint density at radius 2 is 2.22 bits per heavy atom. The van der Waals surface area contributed by atoms with Gasteiger partial charge in [0.2, 0.25) is 5.91 Å². The molecule has 18 heavy (non-hydrogen) atoms. The second-order valence-electron chi connectivity index (χ2n) is 4.76. The highest BCUT2D eigenvalue weighted by molar-refractivity contribution is 5.83. The number of aromatic nitrogens is 1. The van der Waals surface area contributed by atoms with Crippen LogP contribution in [0.5, 0.6) is 0 Å². The molecule has 0 bridgehead atoms. The van der Waals surface area contributed by atoms with Crippen molar-refractivity contribution in [2.24, 2.45) is 0 Å². The average molecular weight is 247 g/mol. The summed E-state index contributed by atoms with van der Waals surface area (Å²) in [6, 6.07) is -0.0945. The number of carbonyl (C=O) groups excluding carboxylic acids is 1. The van der Waals surface area contributed by atoms with E-state index in [0.717, 1.165) is 31.5 Å². The molecule has 1 aliphatic carbocycles. The van der Waals surface area contributed by atoms with Crippen LogP contribution in [-0.4, -0.2) is 35.4 Å². The second kappa shape index (κ2) is 4.57. The maximum absolute atomic E-state index is 12.6. The Bertz CT molecular complexity index is 472. The van der Waals surface area contributed by atoms with Gasteiger partial charge in [-0.05, 0) is 19.9 Å². The third-order valence-electron chi connectivity index (χ3n) is 3.77. The molecule has 3 rings (SSSR count). The standard InChI is InChI=1S/C13H17N3O2/c1-14-11-12-10(15-8-18-12)6-7-16(13(11)17)9-4-2-3-5-9/h2-3,8-9,11,14H,4-7H2,1H3. The number of hydrogen-bond acceptors (Lipinski definition) is 4. The first-order valence-electron chi connectivity index (χ1n) is 6.36. The largest absolute Gasteiger partial charge is 0.446 e. The van der Waals surface area contributed by atoms with Gasteiger partial charge in [0, 0.05) is 19.0 Å². The number of rotatable bonds is 2. The number of nitrogens with zero attached hydrogens (tertiary/aromatic N) is 2. The fraction of sp³-hybridized carbons (Fsp3) is 0.538. The predicted molar refractivity (Wildman–Crippen MR) is 65.9 cm³/mol. The first-order chi connectivity index (χ1) is 8.81. The summed E-state index contributed by atoms with van der Waals surface area (Å²) in [5.41, 5.74) is 0.899. The highest BCUT2D eigenvalue weighted by atomic mass is 16.3. The zero-order valence-corrected chi connectivity index (χ0v) is 10.4. The summed E-state index contributed by atoms with van der Waals surface area (Å²) in [5, 5.41) is 3.04. The molecule has 0 aromatic carbocycles. The first kappa shape index (κ1) is 11.5. The number of oxazole rings is 1. The molecule has 0 radical (unpaired) electrons. The van der Waals surface area contributed by atoms with Crippen molar-refractivity contribution in [1.29, 1.82) is 0 Å². The summed E-state index contributed by atoms with van der Waals surface area (Å²) in [4.78, 5) is 18.8. The lowest BCUT2D eigenvalue weighted by molar-refractivity contribution is -0.135. The van der Waals surface area contributed by atoms with Gasteiger partial charge in [0.25, 0.3) is 0 Å². The minimum atomic E-state index is -0.398. The fourth-order valence-corrected chi connectivity index (χ4v) is 2.79. The fourth-order valence-electron chi connectivity index (χ4n) is 2.79. The number of carbonyl (C=O) groups is 1. The van der Waals surface area contributed by atoms with Gasteiger partial charge < -0.3 is 14.6 Å². The van der Waals surface area contributed by atoms with Crippen LogP contribution in [-0.2, 0) is 11.2 Å². The lowest BCUT2D eigenvalue weighted by Crippen LogP contribution is -2.44. The van der Waals surface area contributed by atoms with Gasteiger partial charge in [0.15, 0.2) is 12.2 Å². The molecule has 0 saturated heterocycles. The van der Waals surface area contributed by atoms with Gasteiger partial charge in [-0.25, -0.2) is 4.98 Å². The van der Waals surface area contributed by atoms with Gasteiger partial charge >= 0.3 is 0 Å². The SMILES string of the molecule is CNC1C(=O)N(C2CC=CC2)CCc2ncoc21. The van der Waals surface area contributed by atoms with Crippen molar-refractivity contribution in [2.75, 3.05) is 13.6 Å². The first-order valence-corrected chi connectivity index (χ1v) is 6.36. The van der Waals surface area contributed by atoms with Crippen molar-refractivity contribution in [3.05, 3.63) is 30.0 Å². The summed E-state index contributed by atoms with van der Waals surface area (Å²) in [7, 11) is 1.78. The Balaban J connectivity index is 1.89.